The van der Waals surface area contributed by atoms with Crippen LogP contribution in [0.5, 0.6) is 0 Å². The number of carbonyl (C=O) groups is 1. The Hall–Kier alpha value is -2.51. The number of amides is 1. The zero-order chi connectivity index (χ0) is 17.1. The number of fused-ring (bicyclic) bond motifs is 1. The number of nitrogens with one attached hydrogen (secondary N) is 1. The van der Waals surface area contributed by atoms with Crippen LogP contribution < -0.4 is 11.1 Å². The van der Waals surface area contributed by atoms with Crippen LogP contribution in [0.25, 0.3) is 0 Å². The van der Waals surface area contributed by atoms with Crippen LogP contribution in [0.15, 0.2) is 4.52 Å². The molecule has 0 unspecified atom stereocenters. The summed E-state index contributed by atoms with van der Waals surface area (Å²) in [5.41, 5.74) is 7.96. The van der Waals surface area contributed by atoms with Crippen LogP contribution >= 0.6 is 0 Å². The molecule has 0 bridgehead atoms. The van der Waals surface area contributed by atoms with Gasteiger partial charge in [-0.3, -0.25) is 4.79 Å². The first kappa shape index (κ1) is 16.4. The summed E-state index contributed by atoms with van der Waals surface area (Å²) in [7, 11) is 0. The first-order chi connectivity index (χ1) is 11.5. The molecule has 2 aromatic heterocycles. The van der Waals surface area contributed by atoms with Crippen molar-refractivity contribution in [1.82, 2.24) is 25.4 Å². The van der Waals surface area contributed by atoms with E-state index in [0.29, 0.717) is 30.4 Å². The van der Waals surface area contributed by atoms with E-state index in [2.05, 4.69) is 25.4 Å². The molecule has 1 amide bonds. The highest BCUT2D eigenvalue weighted by Gasteiger charge is 2.21. The van der Waals surface area contributed by atoms with Crippen molar-refractivity contribution in [2.24, 2.45) is 0 Å². The SMILES string of the molecule is CC(C)c1nc(CCNC(=O)c2nc(N)nc3c2CCCC3)no1. The van der Waals surface area contributed by atoms with E-state index >= 15 is 0 Å². The topological polar surface area (TPSA) is 120 Å². The van der Waals surface area contributed by atoms with Crippen molar-refractivity contribution in [3.05, 3.63) is 28.7 Å². The third-order valence-electron chi connectivity index (χ3n) is 4.03. The van der Waals surface area contributed by atoms with E-state index in [9.17, 15) is 4.79 Å². The highest BCUT2D eigenvalue weighted by molar-refractivity contribution is 5.94. The van der Waals surface area contributed by atoms with Crippen LogP contribution in [0.4, 0.5) is 5.95 Å². The standard InChI is InChI=1S/C16H22N6O2/c1-9(2)15-20-12(22-24-15)7-8-18-14(23)13-10-5-3-4-6-11(10)19-16(17)21-13/h9H,3-8H2,1-2H3,(H,18,23)(H2,17,19,21). The number of nitrogens with two attached hydrogens (primary N) is 1. The molecular formula is C16H22N6O2. The Labute approximate surface area is 140 Å². The first-order valence-corrected chi connectivity index (χ1v) is 8.30. The fraction of sp³-hybridized carbons (Fsp3) is 0.562. The van der Waals surface area contributed by atoms with Crippen molar-refractivity contribution < 1.29 is 9.32 Å². The summed E-state index contributed by atoms with van der Waals surface area (Å²) >= 11 is 0. The number of aromatic nitrogens is 4. The van der Waals surface area contributed by atoms with Crippen LogP contribution in [0.2, 0.25) is 0 Å². The Morgan fingerprint density at radius 2 is 2.04 bits per heavy atom. The average molecular weight is 330 g/mol. The van der Waals surface area contributed by atoms with E-state index in [0.717, 1.165) is 36.9 Å². The van der Waals surface area contributed by atoms with E-state index < -0.39 is 0 Å². The predicted octanol–water partition coefficient (Wildman–Crippen LogP) is 1.42. The van der Waals surface area contributed by atoms with Gasteiger partial charge >= 0.3 is 0 Å². The lowest BCUT2D eigenvalue weighted by molar-refractivity contribution is 0.0947. The number of anilines is 1. The van der Waals surface area contributed by atoms with Gasteiger partial charge in [0.15, 0.2) is 5.82 Å². The Morgan fingerprint density at radius 3 is 2.79 bits per heavy atom. The quantitative estimate of drug-likeness (QED) is 0.850. The highest BCUT2D eigenvalue weighted by Crippen LogP contribution is 2.22. The highest BCUT2D eigenvalue weighted by atomic mass is 16.5. The molecule has 1 aliphatic carbocycles. The van der Waals surface area contributed by atoms with Gasteiger partial charge in [-0.25, -0.2) is 9.97 Å². The maximum Gasteiger partial charge on any atom is 0.270 e. The maximum atomic E-state index is 12.5. The Kier molecular flexibility index (Phi) is 4.73. The molecule has 2 aromatic rings. The Morgan fingerprint density at radius 1 is 1.25 bits per heavy atom. The van der Waals surface area contributed by atoms with Gasteiger partial charge in [0, 0.05) is 30.1 Å². The molecule has 3 N–H and O–H groups in total. The molecule has 128 valence electrons. The first-order valence-electron chi connectivity index (χ1n) is 8.30. The number of nitrogen functional groups attached to an aromatic ring is 1. The molecule has 0 aromatic carbocycles. The van der Waals surface area contributed by atoms with Crippen LogP contribution in [-0.4, -0.2) is 32.6 Å². The monoisotopic (exact) mass is 330 g/mol. The third kappa shape index (κ3) is 3.52. The van der Waals surface area contributed by atoms with E-state index in [1.54, 1.807) is 0 Å². The van der Waals surface area contributed by atoms with Crippen molar-refractivity contribution in [3.63, 3.8) is 0 Å². The predicted molar refractivity (Wildman–Crippen MR) is 87.5 cm³/mol. The molecule has 2 heterocycles. The molecular weight excluding hydrogens is 308 g/mol. The number of hydrogen-bond donors (Lipinski definition) is 2. The van der Waals surface area contributed by atoms with Gasteiger partial charge in [0.25, 0.3) is 5.91 Å². The van der Waals surface area contributed by atoms with Gasteiger partial charge in [-0.1, -0.05) is 19.0 Å². The molecule has 8 heteroatoms. The van der Waals surface area contributed by atoms with Gasteiger partial charge in [-0.15, -0.1) is 0 Å². The Balaban J connectivity index is 1.64. The summed E-state index contributed by atoms with van der Waals surface area (Å²) < 4.78 is 5.15. The van der Waals surface area contributed by atoms with Gasteiger partial charge in [0.2, 0.25) is 11.8 Å². The van der Waals surface area contributed by atoms with Crippen molar-refractivity contribution in [2.75, 3.05) is 12.3 Å². The number of hydrogen-bond acceptors (Lipinski definition) is 7. The van der Waals surface area contributed by atoms with E-state index in [4.69, 9.17) is 10.3 Å². The average Bonchev–Trinajstić information content (AvgIpc) is 3.03. The second-order valence-corrected chi connectivity index (χ2v) is 6.27. The molecule has 0 radical (unpaired) electrons. The minimum Gasteiger partial charge on any atom is -0.368 e. The van der Waals surface area contributed by atoms with Crippen molar-refractivity contribution in [2.45, 2.75) is 51.9 Å². The van der Waals surface area contributed by atoms with E-state index in [-0.39, 0.29) is 17.8 Å². The fourth-order valence-corrected chi connectivity index (χ4v) is 2.78. The molecule has 0 atom stereocenters. The fourth-order valence-electron chi connectivity index (χ4n) is 2.78. The molecule has 0 fully saturated rings. The van der Waals surface area contributed by atoms with Gasteiger partial charge in [0.05, 0.1) is 0 Å². The van der Waals surface area contributed by atoms with Crippen LogP contribution in [-0.2, 0) is 19.3 Å². The molecule has 3 rings (SSSR count). The summed E-state index contributed by atoms with van der Waals surface area (Å²) in [4.78, 5) is 25.1. The molecule has 0 aliphatic heterocycles. The number of carbonyl (C=O) groups excluding carboxylic acids is 1. The smallest absolute Gasteiger partial charge is 0.270 e. The normalized spacial score (nSPS) is 13.8. The summed E-state index contributed by atoms with van der Waals surface area (Å²) in [5.74, 6) is 1.31. The molecule has 0 saturated carbocycles. The zero-order valence-electron chi connectivity index (χ0n) is 14.0. The van der Waals surface area contributed by atoms with Crippen molar-refractivity contribution in [1.29, 1.82) is 0 Å². The number of rotatable bonds is 5. The van der Waals surface area contributed by atoms with E-state index in [1.165, 1.54) is 0 Å². The maximum absolute atomic E-state index is 12.5. The van der Waals surface area contributed by atoms with Crippen LogP contribution in [0.1, 0.15) is 66.1 Å². The second kappa shape index (κ2) is 6.94. The van der Waals surface area contributed by atoms with Gasteiger partial charge < -0.3 is 15.6 Å². The lowest BCUT2D eigenvalue weighted by Crippen LogP contribution is -2.29. The minimum atomic E-state index is -0.227. The molecule has 0 saturated heterocycles. The molecule has 0 spiro atoms. The largest absolute Gasteiger partial charge is 0.368 e. The molecule has 8 nitrogen and oxygen atoms in total. The Bertz CT molecular complexity index is 740. The van der Waals surface area contributed by atoms with Crippen molar-refractivity contribution in [3.8, 4) is 0 Å². The number of nitrogens with zero attached hydrogens (tertiary/aromatic N) is 4. The van der Waals surface area contributed by atoms with E-state index in [1.807, 2.05) is 13.8 Å². The van der Waals surface area contributed by atoms with Gasteiger partial charge in [0.1, 0.15) is 5.69 Å². The van der Waals surface area contributed by atoms with Crippen LogP contribution in [0, 0.1) is 0 Å². The lowest BCUT2D eigenvalue weighted by Gasteiger charge is -2.17. The zero-order valence-corrected chi connectivity index (χ0v) is 14.0. The second-order valence-electron chi connectivity index (χ2n) is 6.27. The summed E-state index contributed by atoms with van der Waals surface area (Å²) in [6, 6.07) is 0. The minimum absolute atomic E-state index is 0.153. The third-order valence-corrected chi connectivity index (χ3v) is 4.03. The van der Waals surface area contributed by atoms with Gasteiger partial charge in [-0.2, -0.15) is 4.98 Å². The molecule has 24 heavy (non-hydrogen) atoms. The van der Waals surface area contributed by atoms with Gasteiger partial charge in [-0.05, 0) is 25.7 Å². The number of aryl methyl sites for hydroxylation is 1. The summed E-state index contributed by atoms with van der Waals surface area (Å²) in [5, 5.41) is 6.77. The summed E-state index contributed by atoms with van der Waals surface area (Å²) in [6.07, 6.45) is 4.29. The summed E-state index contributed by atoms with van der Waals surface area (Å²) in [6.45, 7) is 4.39. The van der Waals surface area contributed by atoms with Crippen molar-refractivity contribution >= 4 is 11.9 Å². The van der Waals surface area contributed by atoms with Crippen LogP contribution in [0.3, 0.4) is 0 Å². The lowest BCUT2D eigenvalue weighted by atomic mass is 9.94. The molecule has 1 aliphatic rings.